The minimum absolute atomic E-state index is 0.757. The van der Waals surface area contributed by atoms with Gasteiger partial charge in [0, 0.05) is 41.2 Å². The van der Waals surface area contributed by atoms with Crippen molar-refractivity contribution in [1.82, 2.24) is 15.0 Å². The van der Waals surface area contributed by atoms with Gasteiger partial charge in [0.25, 0.3) is 0 Å². The van der Waals surface area contributed by atoms with Gasteiger partial charge in [-0.05, 0) is 31.3 Å². The van der Waals surface area contributed by atoms with Crippen molar-refractivity contribution in [3.05, 3.63) is 66.7 Å². The quantitative estimate of drug-likeness (QED) is 0.615. The number of hydrogen-bond acceptors (Lipinski definition) is 5. The van der Waals surface area contributed by atoms with E-state index in [1.165, 1.54) is 4.90 Å². The van der Waals surface area contributed by atoms with E-state index in [1.807, 2.05) is 36.0 Å². The summed E-state index contributed by atoms with van der Waals surface area (Å²) < 4.78 is 5.44. The summed E-state index contributed by atoms with van der Waals surface area (Å²) in [6.45, 7) is 1.75. The fourth-order valence-electron chi connectivity index (χ4n) is 2.23. The van der Waals surface area contributed by atoms with E-state index in [4.69, 9.17) is 4.52 Å². The summed E-state index contributed by atoms with van der Waals surface area (Å²) in [5, 5.41) is 4.13. The Morgan fingerprint density at radius 3 is 2.65 bits per heavy atom. The van der Waals surface area contributed by atoms with E-state index in [1.54, 1.807) is 12.4 Å². The van der Waals surface area contributed by atoms with Crippen LogP contribution >= 0.6 is 11.8 Å². The van der Waals surface area contributed by atoms with Gasteiger partial charge >= 0.3 is 0 Å². The van der Waals surface area contributed by atoms with Crippen molar-refractivity contribution < 1.29 is 4.52 Å². The zero-order valence-electron chi connectivity index (χ0n) is 13.1. The van der Waals surface area contributed by atoms with E-state index in [9.17, 15) is 0 Å². The van der Waals surface area contributed by atoms with E-state index in [-0.39, 0.29) is 0 Å². The van der Waals surface area contributed by atoms with E-state index in [0.717, 1.165) is 35.9 Å². The van der Waals surface area contributed by atoms with E-state index >= 15 is 0 Å². The lowest BCUT2D eigenvalue weighted by Crippen LogP contribution is -2.20. The molecule has 2 heterocycles. The lowest BCUT2D eigenvalue weighted by Gasteiger charge is -2.14. The van der Waals surface area contributed by atoms with Gasteiger partial charge < -0.3 is 4.52 Å². The van der Waals surface area contributed by atoms with Gasteiger partial charge in [-0.1, -0.05) is 23.4 Å². The van der Waals surface area contributed by atoms with Crippen LogP contribution in [0.25, 0.3) is 11.3 Å². The summed E-state index contributed by atoms with van der Waals surface area (Å²) in [5.74, 6) is 1.93. The van der Waals surface area contributed by atoms with Crippen LogP contribution in [0.4, 0.5) is 0 Å². The van der Waals surface area contributed by atoms with Crippen LogP contribution in [0.15, 0.2) is 70.3 Å². The van der Waals surface area contributed by atoms with E-state index in [2.05, 4.69) is 46.4 Å². The molecule has 3 rings (SSSR count). The van der Waals surface area contributed by atoms with Crippen LogP contribution < -0.4 is 0 Å². The molecule has 0 radical (unpaired) electrons. The van der Waals surface area contributed by atoms with Crippen molar-refractivity contribution >= 4 is 11.8 Å². The number of thioether (sulfide) groups is 1. The van der Waals surface area contributed by atoms with Gasteiger partial charge in [0.05, 0.1) is 6.54 Å². The number of nitrogens with zero attached hydrogens (tertiary/aromatic N) is 3. The first kappa shape index (κ1) is 15.8. The van der Waals surface area contributed by atoms with Gasteiger partial charge in [0.15, 0.2) is 5.76 Å². The van der Waals surface area contributed by atoms with Crippen molar-refractivity contribution in [3.8, 4) is 11.3 Å². The van der Waals surface area contributed by atoms with Crippen molar-refractivity contribution in [2.75, 3.05) is 19.3 Å². The minimum Gasteiger partial charge on any atom is -0.359 e. The fourth-order valence-corrected chi connectivity index (χ4v) is 3.22. The lowest BCUT2D eigenvalue weighted by molar-refractivity contribution is 0.285. The van der Waals surface area contributed by atoms with Crippen molar-refractivity contribution in [2.45, 2.75) is 11.4 Å². The number of pyridine rings is 1. The van der Waals surface area contributed by atoms with Crippen LogP contribution in [0, 0.1) is 0 Å². The lowest BCUT2D eigenvalue weighted by atomic mass is 10.2. The molecule has 0 fully saturated rings. The molecule has 0 aliphatic carbocycles. The highest BCUT2D eigenvalue weighted by molar-refractivity contribution is 7.99. The second kappa shape index (κ2) is 7.94. The molecule has 4 nitrogen and oxygen atoms in total. The number of benzene rings is 1. The van der Waals surface area contributed by atoms with Gasteiger partial charge in [0.1, 0.15) is 5.69 Å². The molecule has 23 heavy (non-hydrogen) atoms. The molecule has 0 atom stereocenters. The van der Waals surface area contributed by atoms with Gasteiger partial charge in [-0.25, -0.2) is 0 Å². The highest BCUT2D eigenvalue weighted by Crippen LogP contribution is 2.19. The maximum Gasteiger partial charge on any atom is 0.151 e. The maximum absolute atomic E-state index is 5.44. The maximum atomic E-state index is 5.44. The molecule has 0 bridgehead atoms. The molecule has 1 aromatic carbocycles. The summed E-state index contributed by atoms with van der Waals surface area (Å²) in [6.07, 6.45) is 3.52. The fraction of sp³-hybridized carbons (Fsp3) is 0.222. The predicted octanol–water partition coefficient (Wildman–Crippen LogP) is 3.96. The first-order valence-corrected chi connectivity index (χ1v) is 8.52. The SMILES string of the molecule is CN(CCSc1ccccc1)Cc1cc(-c2ccncc2)no1. The molecular formula is C18H19N3OS. The molecule has 0 spiro atoms. The summed E-state index contributed by atoms with van der Waals surface area (Å²) >= 11 is 1.87. The molecule has 0 aliphatic heterocycles. The third-order valence-electron chi connectivity index (χ3n) is 3.45. The Kier molecular flexibility index (Phi) is 5.45. The molecule has 0 amide bonds. The summed E-state index contributed by atoms with van der Waals surface area (Å²) in [4.78, 5) is 7.56. The topological polar surface area (TPSA) is 42.2 Å². The van der Waals surface area contributed by atoms with Gasteiger partial charge in [-0.3, -0.25) is 9.88 Å². The second-order valence-electron chi connectivity index (χ2n) is 5.31. The molecule has 3 aromatic rings. The average Bonchev–Trinajstić information content (AvgIpc) is 3.05. The molecule has 0 unspecified atom stereocenters. The first-order valence-electron chi connectivity index (χ1n) is 7.53. The van der Waals surface area contributed by atoms with E-state index in [0.29, 0.717) is 0 Å². The zero-order chi connectivity index (χ0) is 15.9. The molecular weight excluding hydrogens is 306 g/mol. The molecule has 2 aromatic heterocycles. The van der Waals surface area contributed by atoms with Crippen LogP contribution in [-0.4, -0.2) is 34.4 Å². The zero-order valence-corrected chi connectivity index (χ0v) is 13.9. The Hall–Kier alpha value is -2.11. The predicted molar refractivity (Wildman–Crippen MR) is 93.2 cm³/mol. The summed E-state index contributed by atoms with van der Waals surface area (Å²) in [6, 6.07) is 16.3. The van der Waals surface area contributed by atoms with Crippen LogP contribution in [0.5, 0.6) is 0 Å². The summed E-state index contributed by atoms with van der Waals surface area (Å²) in [7, 11) is 2.10. The van der Waals surface area contributed by atoms with Crippen LogP contribution in [0.3, 0.4) is 0 Å². The highest BCUT2D eigenvalue weighted by atomic mass is 32.2. The van der Waals surface area contributed by atoms with Crippen LogP contribution in [-0.2, 0) is 6.54 Å². The average molecular weight is 325 g/mol. The standard InChI is InChI=1S/C18H19N3OS/c1-21(11-12-23-17-5-3-2-4-6-17)14-16-13-18(20-22-16)15-7-9-19-10-8-15/h2-10,13H,11-12,14H2,1H3. The molecule has 5 heteroatoms. The normalized spacial score (nSPS) is 11.0. The van der Waals surface area contributed by atoms with Crippen LogP contribution in [0.1, 0.15) is 5.76 Å². The monoisotopic (exact) mass is 325 g/mol. The Labute approximate surface area is 140 Å². The van der Waals surface area contributed by atoms with Crippen molar-refractivity contribution in [2.24, 2.45) is 0 Å². The molecule has 0 N–H and O–H groups in total. The third-order valence-corrected chi connectivity index (χ3v) is 4.44. The Balaban J connectivity index is 1.48. The van der Waals surface area contributed by atoms with Gasteiger partial charge in [-0.15, -0.1) is 11.8 Å². The molecule has 0 saturated carbocycles. The summed E-state index contributed by atoms with van der Waals surface area (Å²) in [5.41, 5.74) is 1.88. The van der Waals surface area contributed by atoms with Gasteiger partial charge in [-0.2, -0.15) is 0 Å². The minimum atomic E-state index is 0.757. The third kappa shape index (κ3) is 4.68. The highest BCUT2D eigenvalue weighted by Gasteiger charge is 2.09. The largest absolute Gasteiger partial charge is 0.359 e. The van der Waals surface area contributed by atoms with E-state index < -0.39 is 0 Å². The van der Waals surface area contributed by atoms with Crippen LogP contribution in [0.2, 0.25) is 0 Å². The Morgan fingerprint density at radius 2 is 1.87 bits per heavy atom. The number of hydrogen-bond donors (Lipinski definition) is 0. The Morgan fingerprint density at radius 1 is 1.09 bits per heavy atom. The second-order valence-corrected chi connectivity index (χ2v) is 6.48. The Bertz CT molecular complexity index is 715. The van der Waals surface area contributed by atoms with Crippen molar-refractivity contribution in [3.63, 3.8) is 0 Å². The van der Waals surface area contributed by atoms with Gasteiger partial charge in [0.2, 0.25) is 0 Å². The molecule has 118 valence electrons. The number of rotatable bonds is 7. The smallest absolute Gasteiger partial charge is 0.151 e. The van der Waals surface area contributed by atoms with Crippen molar-refractivity contribution in [1.29, 1.82) is 0 Å². The molecule has 0 saturated heterocycles. The number of aromatic nitrogens is 2. The first-order chi connectivity index (χ1) is 11.3. The molecule has 0 aliphatic rings.